The van der Waals surface area contributed by atoms with E-state index < -0.39 is 17.3 Å². The van der Waals surface area contributed by atoms with Crippen molar-refractivity contribution in [2.24, 2.45) is 7.05 Å². The van der Waals surface area contributed by atoms with Crippen LogP contribution in [-0.4, -0.2) is 86.5 Å². The molecule has 2 aromatic heterocycles. The molecule has 6 rings (SSSR count). The summed E-state index contributed by atoms with van der Waals surface area (Å²) in [4.78, 5) is 27.9. The summed E-state index contributed by atoms with van der Waals surface area (Å²) in [5.41, 5.74) is 2.93. The van der Waals surface area contributed by atoms with Gasteiger partial charge in [0.15, 0.2) is 12.4 Å². The van der Waals surface area contributed by atoms with Crippen molar-refractivity contribution in [3.05, 3.63) is 78.0 Å². The number of nitrogens with one attached hydrogen (secondary N) is 3. The summed E-state index contributed by atoms with van der Waals surface area (Å²) in [5.74, 6) is -0.479. The Hall–Kier alpha value is -5.89. The number of methoxy groups -OCH3 is 1. The van der Waals surface area contributed by atoms with E-state index in [-0.39, 0.29) is 17.5 Å². The van der Waals surface area contributed by atoms with Crippen LogP contribution in [0.1, 0.15) is 40.6 Å². The molecule has 47 heavy (non-hydrogen) atoms. The Morgan fingerprint density at radius 3 is 2.40 bits per heavy atom. The van der Waals surface area contributed by atoms with Crippen LogP contribution in [-0.2, 0) is 7.05 Å². The van der Waals surface area contributed by atoms with E-state index in [1.807, 2.05) is 31.2 Å². The molecule has 0 aliphatic carbocycles. The Balaban J connectivity index is 0.000000185. The van der Waals surface area contributed by atoms with Gasteiger partial charge >= 0.3 is 0 Å². The first-order chi connectivity index (χ1) is 22.6. The van der Waals surface area contributed by atoms with Crippen LogP contribution in [0.4, 0.5) is 4.39 Å². The highest BCUT2D eigenvalue weighted by Gasteiger charge is 2.35. The molecule has 0 spiro atoms. The molecule has 4 heterocycles. The summed E-state index contributed by atoms with van der Waals surface area (Å²) in [6.07, 6.45) is 9.02. The highest BCUT2D eigenvalue weighted by atomic mass is 19.1. The Morgan fingerprint density at radius 2 is 1.79 bits per heavy atom. The minimum absolute atomic E-state index is 0.000673. The van der Waals surface area contributed by atoms with Crippen LogP contribution in [0.5, 0.6) is 5.75 Å². The third-order valence-corrected chi connectivity index (χ3v) is 8.16. The molecule has 2 aromatic carbocycles. The van der Waals surface area contributed by atoms with Crippen LogP contribution in [0.15, 0.2) is 60.9 Å². The summed E-state index contributed by atoms with van der Waals surface area (Å²) in [6.45, 7) is 4.13. The van der Waals surface area contributed by atoms with Crippen molar-refractivity contribution in [1.82, 2.24) is 40.4 Å². The lowest BCUT2D eigenvalue weighted by Gasteiger charge is -2.25. The third-order valence-electron chi connectivity index (χ3n) is 8.16. The molecule has 242 valence electrons. The highest BCUT2D eigenvalue weighted by molar-refractivity contribution is 5.95. The largest absolute Gasteiger partial charge is 0.497 e. The third kappa shape index (κ3) is 7.86. The van der Waals surface area contributed by atoms with E-state index in [2.05, 4.69) is 38.3 Å². The van der Waals surface area contributed by atoms with Crippen molar-refractivity contribution in [3.8, 4) is 40.5 Å². The van der Waals surface area contributed by atoms with E-state index in [0.717, 1.165) is 23.3 Å². The first-order valence-corrected chi connectivity index (χ1v) is 15.0. The summed E-state index contributed by atoms with van der Waals surface area (Å²) in [7, 11) is 3.40. The number of aromatic nitrogens is 4. The Morgan fingerprint density at radius 1 is 1.04 bits per heavy atom. The number of carbonyl (C=O) groups is 2. The van der Waals surface area contributed by atoms with Crippen molar-refractivity contribution >= 4 is 11.8 Å². The average Bonchev–Trinajstić information content (AvgIpc) is 3.89. The fourth-order valence-electron chi connectivity index (χ4n) is 5.52. The minimum Gasteiger partial charge on any atom is -0.497 e. The second-order valence-electron chi connectivity index (χ2n) is 11.8. The summed E-state index contributed by atoms with van der Waals surface area (Å²) in [6, 6.07) is 13.7. The average molecular weight is 639 g/mol. The van der Waals surface area contributed by atoms with Gasteiger partial charge in [-0.25, -0.2) is 4.39 Å². The SMILES string of the molecule is COc1ccc(-c2cc(C(=O)N[C@@H]3CCN(C#N)C3)[nH]n2)cc1.Cn1cc(-c2ccc(C(=O)NC3(C)CCN(C#N)C3)c(F)c2)cn1. The maximum Gasteiger partial charge on any atom is 0.269 e. The van der Waals surface area contributed by atoms with Gasteiger partial charge < -0.3 is 25.2 Å². The van der Waals surface area contributed by atoms with Crippen LogP contribution in [0, 0.1) is 28.7 Å². The van der Waals surface area contributed by atoms with Gasteiger partial charge in [0.05, 0.1) is 36.6 Å². The van der Waals surface area contributed by atoms with E-state index in [1.54, 1.807) is 53.2 Å². The molecule has 4 aromatic rings. The molecule has 0 saturated carbocycles. The number of halogens is 1. The topological polar surface area (TPSA) is 168 Å². The first-order valence-electron chi connectivity index (χ1n) is 15.0. The summed E-state index contributed by atoms with van der Waals surface area (Å²) >= 11 is 0. The summed E-state index contributed by atoms with van der Waals surface area (Å²) in [5, 5.41) is 34.5. The van der Waals surface area contributed by atoms with Gasteiger partial charge in [-0.3, -0.25) is 19.4 Å². The second-order valence-corrected chi connectivity index (χ2v) is 11.8. The number of H-pyrrole nitrogens is 1. The number of amides is 2. The zero-order valence-electron chi connectivity index (χ0n) is 26.3. The van der Waals surface area contributed by atoms with Gasteiger partial charge in [-0.1, -0.05) is 6.07 Å². The molecule has 0 bridgehead atoms. The number of nitrogens with zero attached hydrogens (tertiary/aromatic N) is 7. The lowest BCUT2D eigenvalue weighted by atomic mass is 10.00. The molecule has 2 atom stereocenters. The maximum atomic E-state index is 14.4. The molecule has 14 heteroatoms. The Labute approximate surface area is 271 Å². The fourth-order valence-corrected chi connectivity index (χ4v) is 5.52. The van der Waals surface area contributed by atoms with Crippen molar-refractivity contribution in [2.75, 3.05) is 33.3 Å². The number of carbonyl (C=O) groups excluding carboxylic acids is 2. The smallest absolute Gasteiger partial charge is 0.269 e. The second kappa shape index (κ2) is 14.0. The van der Waals surface area contributed by atoms with Gasteiger partial charge in [-0.2, -0.15) is 20.7 Å². The lowest BCUT2D eigenvalue weighted by molar-refractivity contribution is 0.0903. The van der Waals surface area contributed by atoms with Crippen molar-refractivity contribution in [1.29, 1.82) is 10.5 Å². The van der Waals surface area contributed by atoms with E-state index in [1.165, 1.54) is 12.1 Å². The molecule has 2 fully saturated rings. The first kappa shape index (κ1) is 32.5. The number of benzene rings is 2. The minimum atomic E-state index is -0.576. The number of likely N-dealkylation sites (tertiary alicyclic amines) is 2. The molecule has 2 aliphatic rings. The fraction of sp³-hybridized carbons (Fsp3) is 0.333. The van der Waals surface area contributed by atoms with Gasteiger partial charge in [0.2, 0.25) is 0 Å². The quantitative estimate of drug-likeness (QED) is 0.257. The van der Waals surface area contributed by atoms with Crippen LogP contribution in [0.2, 0.25) is 0 Å². The maximum absolute atomic E-state index is 14.4. The van der Waals surface area contributed by atoms with E-state index in [9.17, 15) is 14.0 Å². The van der Waals surface area contributed by atoms with Crippen molar-refractivity contribution < 1.29 is 18.7 Å². The number of rotatable bonds is 7. The number of hydrogen-bond donors (Lipinski definition) is 3. The number of nitriles is 2. The van der Waals surface area contributed by atoms with Gasteiger partial charge in [0, 0.05) is 50.0 Å². The van der Waals surface area contributed by atoms with Crippen LogP contribution in [0.3, 0.4) is 0 Å². The van der Waals surface area contributed by atoms with E-state index in [0.29, 0.717) is 49.6 Å². The Kier molecular flexibility index (Phi) is 9.71. The molecular formula is C33H35FN10O3. The number of hydrogen-bond acceptors (Lipinski definition) is 9. The molecule has 2 amide bonds. The molecule has 3 N–H and O–H groups in total. The molecule has 2 aliphatic heterocycles. The van der Waals surface area contributed by atoms with Crippen molar-refractivity contribution in [2.45, 2.75) is 31.3 Å². The molecule has 13 nitrogen and oxygen atoms in total. The van der Waals surface area contributed by atoms with Crippen LogP contribution in [0.25, 0.3) is 22.4 Å². The monoisotopic (exact) mass is 638 g/mol. The highest BCUT2D eigenvalue weighted by Crippen LogP contribution is 2.24. The standard InChI is InChI=1S/C17H18FN5O.C16H17N5O2/c1-17(5-6-23(10-17)11-19)21-16(24)14-4-3-12(7-15(14)18)13-8-20-22(2)9-13;1-23-13-4-2-11(3-5-13)14-8-15(20-19-14)16(22)18-12-6-7-21(9-12)10-17/h3-4,7-9H,5-6,10H2,1-2H3,(H,21,24);2-5,8,12H,6-7,9H2,1H3,(H,18,22)(H,19,20)/t;12-/m.1/s1. The number of ether oxygens (including phenoxy) is 1. The van der Waals surface area contributed by atoms with Crippen LogP contribution < -0.4 is 15.4 Å². The number of aryl methyl sites for hydroxylation is 1. The zero-order chi connectivity index (χ0) is 33.6. The van der Waals surface area contributed by atoms with Gasteiger partial charge in [0.1, 0.15) is 17.3 Å². The van der Waals surface area contributed by atoms with E-state index in [4.69, 9.17) is 15.3 Å². The number of aromatic amines is 1. The van der Waals surface area contributed by atoms with Gasteiger partial charge in [-0.05, 0) is 67.8 Å². The Bertz CT molecular complexity index is 1820. The molecule has 2 saturated heterocycles. The zero-order valence-corrected chi connectivity index (χ0v) is 26.3. The predicted octanol–water partition coefficient (Wildman–Crippen LogP) is 3.27. The van der Waals surface area contributed by atoms with Gasteiger partial charge in [0.25, 0.3) is 11.8 Å². The molecular weight excluding hydrogens is 603 g/mol. The predicted molar refractivity (Wildman–Crippen MR) is 170 cm³/mol. The summed E-state index contributed by atoms with van der Waals surface area (Å²) < 4.78 is 21.1. The lowest BCUT2D eigenvalue weighted by Crippen LogP contribution is -2.47. The van der Waals surface area contributed by atoms with Crippen LogP contribution >= 0.6 is 0 Å². The molecule has 0 radical (unpaired) electrons. The van der Waals surface area contributed by atoms with E-state index >= 15 is 0 Å². The van der Waals surface area contributed by atoms with Gasteiger partial charge in [-0.15, -0.1) is 0 Å². The van der Waals surface area contributed by atoms with Crippen molar-refractivity contribution in [3.63, 3.8) is 0 Å². The molecule has 1 unspecified atom stereocenters. The normalized spacial score (nSPS) is 18.5.